The summed E-state index contributed by atoms with van der Waals surface area (Å²) in [7, 11) is 1.69. The highest BCUT2D eigenvalue weighted by molar-refractivity contribution is 5.69. The predicted octanol–water partition coefficient (Wildman–Crippen LogP) is 0.902. The highest BCUT2D eigenvalue weighted by atomic mass is 16.7. The summed E-state index contributed by atoms with van der Waals surface area (Å²) in [5.74, 6) is -0.245. The Morgan fingerprint density at radius 2 is 1.56 bits per heavy atom. The third kappa shape index (κ3) is 13.4. The fraction of sp³-hybridized carbons (Fsp3) is 0.917. The van der Waals surface area contributed by atoms with Crippen molar-refractivity contribution in [2.75, 3.05) is 40.1 Å². The van der Waals surface area contributed by atoms with Gasteiger partial charge in [-0.25, -0.2) is 5.48 Å². The largest absolute Gasteiger partial charge is 0.460 e. The molecule has 1 N–H and O–H groups in total. The van der Waals surface area contributed by atoms with E-state index in [0.29, 0.717) is 33.0 Å². The lowest BCUT2D eigenvalue weighted by molar-refractivity contribution is -0.156. The number of hydrogen-bond donors (Lipinski definition) is 1. The van der Waals surface area contributed by atoms with E-state index in [0.717, 1.165) is 0 Å². The molecule has 18 heavy (non-hydrogen) atoms. The van der Waals surface area contributed by atoms with Gasteiger partial charge in [-0.2, -0.15) is 0 Å². The van der Waals surface area contributed by atoms with E-state index in [-0.39, 0.29) is 12.4 Å². The van der Waals surface area contributed by atoms with E-state index in [9.17, 15) is 4.79 Å². The molecule has 0 saturated carbocycles. The minimum absolute atomic E-state index is 0.245. The summed E-state index contributed by atoms with van der Waals surface area (Å²) in [6, 6.07) is 0. The summed E-state index contributed by atoms with van der Waals surface area (Å²) < 4.78 is 15.6. The maximum atomic E-state index is 11.3. The van der Waals surface area contributed by atoms with Crippen molar-refractivity contribution in [2.24, 2.45) is 0 Å². The standard InChI is InChI=1S/C12H25NO5/c1-12(2,3)18-11(14)5-6-15-7-8-16-9-10-17-13-4/h13H,5-10H2,1-4H3. The average Bonchev–Trinajstić information content (AvgIpc) is 2.24. The van der Waals surface area contributed by atoms with Gasteiger partial charge in [-0.05, 0) is 20.8 Å². The van der Waals surface area contributed by atoms with E-state index in [2.05, 4.69) is 5.48 Å². The van der Waals surface area contributed by atoms with Crippen LogP contribution in [0.2, 0.25) is 0 Å². The maximum absolute atomic E-state index is 11.3. The van der Waals surface area contributed by atoms with E-state index in [1.165, 1.54) is 0 Å². The van der Waals surface area contributed by atoms with Crippen molar-refractivity contribution in [3.63, 3.8) is 0 Å². The van der Waals surface area contributed by atoms with E-state index in [4.69, 9.17) is 19.0 Å². The minimum Gasteiger partial charge on any atom is -0.460 e. The monoisotopic (exact) mass is 263 g/mol. The Labute approximate surface area is 109 Å². The first kappa shape index (κ1) is 17.3. The van der Waals surface area contributed by atoms with Crippen molar-refractivity contribution in [1.82, 2.24) is 5.48 Å². The Morgan fingerprint density at radius 3 is 2.11 bits per heavy atom. The van der Waals surface area contributed by atoms with Crippen LogP contribution in [0.25, 0.3) is 0 Å². The molecule has 0 aromatic carbocycles. The van der Waals surface area contributed by atoms with Crippen LogP contribution >= 0.6 is 0 Å². The molecule has 6 heteroatoms. The van der Waals surface area contributed by atoms with Gasteiger partial charge in [0.2, 0.25) is 0 Å². The minimum atomic E-state index is -0.437. The van der Waals surface area contributed by atoms with Gasteiger partial charge in [0, 0.05) is 7.05 Å². The number of esters is 1. The SMILES string of the molecule is CNOCCOCCOCCC(=O)OC(C)(C)C. The second-order valence-electron chi connectivity index (χ2n) is 4.61. The van der Waals surface area contributed by atoms with Crippen molar-refractivity contribution >= 4 is 5.97 Å². The third-order valence-electron chi connectivity index (χ3n) is 1.72. The molecule has 0 amide bonds. The molecule has 0 aromatic heterocycles. The van der Waals surface area contributed by atoms with Crippen LogP contribution in [0.4, 0.5) is 0 Å². The first-order chi connectivity index (χ1) is 8.45. The lowest BCUT2D eigenvalue weighted by Gasteiger charge is -2.19. The Bertz CT molecular complexity index is 215. The topological polar surface area (TPSA) is 66.0 Å². The number of carbonyl (C=O) groups excluding carboxylic acids is 1. The van der Waals surface area contributed by atoms with Crippen LogP contribution in [-0.2, 0) is 23.8 Å². The van der Waals surface area contributed by atoms with Gasteiger partial charge in [-0.1, -0.05) is 0 Å². The molecule has 0 fully saturated rings. The number of rotatable bonds is 10. The van der Waals surface area contributed by atoms with Gasteiger partial charge in [0.25, 0.3) is 0 Å². The normalized spacial score (nSPS) is 11.6. The summed E-state index contributed by atoms with van der Waals surface area (Å²) in [6.45, 7) is 7.83. The van der Waals surface area contributed by atoms with Crippen LogP contribution in [0.15, 0.2) is 0 Å². The lowest BCUT2D eigenvalue weighted by atomic mass is 10.2. The zero-order chi connectivity index (χ0) is 13.9. The third-order valence-corrected chi connectivity index (χ3v) is 1.72. The summed E-state index contributed by atoms with van der Waals surface area (Å²) in [6.07, 6.45) is 0.264. The second kappa shape index (κ2) is 10.3. The first-order valence-corrected chi connectivity index (χ1v) is 6.11. The zero-order valence-electron chi connectivity index (χ0n) is 11.8. The molecule has 0 aliphatic carbocycles. The van der Waals surface area contributed by atoms with Crippen molar-refractivity contribution in [1.29, 1.82) is 0 Å². The van der Waals surface area contributed by atoms with Crippen molar-refractivity contribution in [2.45, 2.75) is 32.8 Å². The highest BCUT2D eigenvalue weighted by Gasteiger charge is 2.15. The number of hydroxylamine groups is 1. The smallest absolute Gasteiger partial charge is 0.308 e. The van der Waals surface area contributed by atoms with Crippen LogP contribution < -0.4 is 5.48 Å². The fourth-order valence-electron chi connectivity index (χ4n) is 1.07. The molecule has 0 aliphatic rings. The van der Waals surface area contributed by atoms with Crippen LogP contribution in [-0.4, -0.2) is 51.7 Å². The molecule has 6 nitrogen and oxygen atoms in total. The summed E-state index contributed by atoms with van der Waals surface area (Å²) >= 11 is 0. The molecular weight excluding hydrogens is 238 g/mol. The van der Waals surface area contributed by atoms with E-state index in [1.54, 1.807) is 7.05 Å². The molecule has 0 spiro atoms. The Balaban J connectivity index is 3.23. The number of ether oxygens (including phenoxy) is 3. The van der Waals surface area contributed by atoms with Crippen molar-refractivity contribution in [3.05, 3.63) is 0 Å². The predicted molar refractivity (Wildman–Crippen MR) is 67.1 cm³/mol. The molecule has 0 aliphatic heterocycles. The summed E-state index contributed by atoms with van der Waals surface area (Å²) in [5, 5.41) is 0. The van der Waals surface area contributed by atoms with Gasteiger partial charge >= 0.3 is 5.97 Å². The highest BCUT2D eigenvalue weighted by Crippen LogP contribution is 2.07. The lowest BCUT2D eigenvalue weighted by Crippen LogP contribution is -2.24. The molecule has 0 atom stereocenters. The summed E-state index contributed by atoms with van der Waals surface area (Å²) in [5.41, 5.74) is 2.11. The Hall–Kier alpha value is -0.690. The molecule has 0 rings (SSSR count). The van der Waals surface area contributed by atoms with Crippen molar-refractivity contribution in [3.8, 4) is 0 Å². The van der Waals surface area contributed by atoms with Gasteiger partial charge < -0.3 is 14.2 Å². The molecule has 0 saturated heterocycles. The van der Waals surface area contributed by atoms with Crippen LogP contribution in [0.3, 0.4) is 0 Å². The van der Waals surface area contributed by atoms with E-state index in [1.807, 2.05) is 20.8 Å². The second-order valence-corrected chi connectivity index (χ2v) is 4.61. The number of carbonyl (C=O) groups is 1. The van der Waals surface area contributed by atoms with Crippen LogP contribution in [0.5, 0.6) is 0 Å². The number of hydrogen-bond acceptors (Lipinski definition) is 6. The van der Waals surface area contributed by atoms with E-state index < -0.39 is 5.60 Å². The zero-order valence-corrected chi connectivity index (χ0v) is 11.8. The maximum Gasteiger partial charge on any atom is 0.308 e. The van der Waals surface area contributed by atoms with Gasteiger partial charge in [0.15, 0.2) is 0 Å². The molecule has 0 bridgehead atoms. The van der Waals surface area contributed by atoms with Crippen molar-refractivity contribution < 1.29 is 23.8 Å². The quantitative estimate of drug-likeness (QED) is 0.359. The van der Waals surface area contributed by atoms with Crippen LogP contribution in [0, 0.1) is 0 Å². The number of nitrogens with one attached hydrogen (secondary N) is 1. The molecular formula is C12H25NO5. The van der Waals surface area contributed by atoms with Crippen LogP contribution in [0.1, 0.15) is 27.2 Å². The summed E-state index contributed by atoms with van der Waals surface area (Å²) in [4.78, 5) is 16.2. The average molecular weight is 263 g/mol. The molecule has 108 valence electrons. The van der Waals surface area contributed by atoms with E-state index >= 15 is 0 Å². The fourth-order valence-corrected chi connectivity index (χ4v) is 1.07. The molecule has 0 radical (unpaired) electrons. The first-order valence-electron chi connectivity index (χ1n) is 6.11. The van der Waals surface area contributed by atoms with Gasteiger partial charge in [-0.15, -0.1) is 0 Å². The van der Waals surface area contributed by atoms with Gasteiger partial charge in [0.1, 0.15) is 5.60 Å². The van der Waals surface area contributed by atoms with Gasteiger partial charge in [-0.3, -0.25) is 9.63 Å². The molecule has 0 unspecified atom stereocenters. The molecule has 0 heterocycles. The van der Waals surface area contributed by atoms with Gasteiger partial charge in [0.05, 0.1) is 39.5 Å². The Kier molecular flexibility index (Phi) is 9.86. The molecule has 0 aromatic rings. The Morgan fingerprint density at radius 1 is 1.00 bits per heavy atom.